The summed E-state index contributed by atoms with van der Waals surface area (Å²) in [5.74, 6) is 0.273. The number of nitrogens with one attached hydrogen (secondary N) is 1. The number of carbonyl (C=O) groups is 3. The predicted molar refractivity (Wildman–Crippen MR) is 147 cm³/mol. The van der Waals surface area contributed by atoms with Crippen LogP contribution in [0, 0.1) is 13.8 Å². The van der Waals surface area contributed by atoms with Gasteiger partial charge in [-0.3, -0.25) is 10.1 Å². The first kappa shape index (κ1) is 30.0. The van der Waals surface area contributed by atoms with Crippen LogP contribution in [0.15, 0.2) is 66.7 Å². The van der Waals surface area contributed by atoms with Crippen molar-refractivity contribution in [1.29, 1.82) is 0 Å². The summed E-state index contributed by atoms with van der Waals surface area (Å²) in [6.07, 6.45) is -1.23. The lowest BCUT2D eigenvalue weighted by molar-refractivity contribution is 0.0560. The predicted octanol–water partition coefficient (Wildman–Crippen LogP) is 6.71. The lowest BCUT2D eigenvalue weighted by Gasteiger charge is -2.25. The van der Waals surface area contributed by atoms with E-state index in [1.165, 1.54) is 0 Å². The maximum atomic E-state index is 12.8. The van der Waals surface area contributed by atoms with Crippen molar-refractivity contribution in [2.45, 2.75) is 66.6 Å². The smallest absolute Gasteiger partial charge is 0.423 e. The Morgan fingerprint density at radius 3 is 1.79 bits per heavy atom. The molecule has 1 aromatic carbocycles. The number of ether oxygens (including phenoxy) is 2. The summed E-state index contributed by atoms with van der Waals surface area (Å²) in [6.45, 7) is 14.4. The van der Waals surface area contributed by atoms with Gasteiger partial charge >= 0.3 is 12.2 Å². The molecule has 1 N–H and O–H groups in total. The third kappa shape index (κ3) is 10.4. The second-order valence-corrected chi connectivity index (χ2v) is 10.4. The zero-order chi connectivity index (χ0) is 28.5. The van der Waals surface area contributed by atoms with E-state index >= 15 is 0 Å². The SMILES string of the molecule is Cc1cccc(N(C(=O)OC(C)(C)C)C(=O)c2ccccc2)n1.Cc1cccc(NC(=O)OC(C)(C)C)n1. The van der Waals surface area contributed by atoms with Crippen molar-refractivity contribution < 1.29 is 23.9 Å². The van der Waals surface area contributed by atoms with E-state index in [2.05, 4.69) is 15.3 Å². The van der Waals surface area contributed by atoms with E-state index in [9.17, 15) is 14.4 Å². The molecule has 3 aromatic rings. The summed E-state index contributed by atoms with van der Waals surface area (Å²) in [5.41, 5.74) is 0.742. The van der Waals surface area contributed by atoms with Crippen LogP contribution in [0.1, 0.15) is 63.3 Å². The van der Waals surface area contributed by atoms with Crippen molar-refractivity contribution in [3.63, 3.8) is 0 Å². The van der Waals surface area contributed by atoms with E-state index in [0.29, 0.717) is 17.1 Å². The fraction of sp³-hybridized carbons (Fsp3) is 0.345. The van der Waals surface area contributed by atoms with Crippen molar-refractivity contribution in [1.82, 2.24) is 9.97 Å². The average Bonchev–Trinajstić information content (AvgIpc) is 2.78. The maximum Gasteiger partial charge on any atom is 0.423 e. The number of anilines is 2. The molecule has 0 bridgehead atoms. The summed E-state index contributed by atoms with van der Waals surface area (Å²) in [6, 6.07) is 19.1. The number of amides is 3. The van der Waals surface area contributed by atoms with E-state index in [1.54, 1.807) is 82.3 Å². The van der Waals surface area contributed by atoms with Crippen LogP contribution in [-0.2, 0) is 9.47 Å². The number of pyridine rings is 2. The lowest BCUT2D eigenvalue weighted by Crippen LogP contribution is -2.41. The molecule has 9 nitrogen and oxygen atoms in total. The normalized spacial score (nSPS) is 10.9. The molecule has 0 spiro atoms. The monoisotopic (exact) mass is 520 g/mol. The number of hydrogen-bond acceptors (Lipinski definition) is 7. The lowest BCUT2D eigenvalue weighted by atomic mass is 10.2. The largest absolute Gasteiger partial charge is 0.444 e. The van der Waals surface area contributed by atoms with Gasteiger partial charge in [0.15, 0.2) is 0 Å². The second-order valence-electron chi connectivity index (χ2n) is 10.4. The first-order chi connectivity index (χ1) is 17.6. The molecule has 3 amide bonds. The molecule has 0 aliphatic heterocycles. The molecule has 0 unspecified atom stereocenters. The molecule has 3 rings (SSSR count). The summed E-state index contributed by atoms with van der Waals surface area (Å²) >= 11 is 0. The molecular formula is C29H36N4O5. The third-order valence-electron chi connectivity index (χ3n) is 4.42. The number of nitrogens with zero attached hydrogens (tertiary/aromatic N) is 3. The Labute approximate surface area is 224 Å². The Bertz CT molecular complexity index is 1250. The van der Waals surface area contributed by atoms with Gasteiger partial charge in [-0.15, -0.1) is 0 Å². The van der Waals surface area contributed by atoms with Gasteiger partial charge in [-0.2, -0.15) is 4.90 Å². The highest BCUT2D eigenvalue weighted by atomic mass is 16.6. The molecule has 2 heterocycles. The number of aryl methyl sites for hydroxylation is 2. The van der Waals surface area contributed by atoms with Crippen LogP contribution < -0.4 is 10.2 Å². The van der Waals surface area contributed by atoms with E-state index in [-0.39, 0.29) is 5.82 Å². The molecule has 38 heavy (non-hydrogen) atoms. The van der Waals surface area contributed by atoms with Crippen LogP contribution in [0.3, 0.4) is 0 Å². The summed E-state index contributed by atoms with van der Waals surface area (Å²) in [7, 11) is 0. The summed E-state index contributed by atoms with van der Waals surface area (Å²) in [4.78, 5) is 46.0. The van der Waals surface area contributed by atoms with E-state index in [1.807, 2.05) is 39.8 Å². The van der Waals surface area contributed by atoms with E-state index in [0.717, 1.165) is 10.6 Å². The number of imide groups is 1. The van der Waals surface area contributed by atoms with Gasteiger partial charge in [0.2, 0.25) is 0 Å². The van der Waals surface area contributed by atoms with Crippen molar-refractivity contribution >= 4 is 29.7 Å². The fourth-order valence-electron chi connectivity index (χ4n) is 2.97. The molecular weight excluding hydrogens is 484 g/mol. The molecule has 0 saturated heterocycles. The highest BCUT2D eigenvalue weighted by molar-refractivity contribution is 6.18. The zero-order valence-electron chi connectivity index (χ0n) is 23.2. The summed E-state index contributed by atoms with van der Waals surface area (Å²) < 4.78 is 10.5. The third-order valence-corrected chi connectivity index (χ3v) is 4.42. The number of carbonyl (C=O) groups excluding carboxylic acids is 3. The van der Waals surface area contributed by atoms with Crippen molar-refractivity contribution in [2.75, 3.05) is 10.2 Å². The van der Waals surface area contributed by atoms with E-state index in [4.69, 9.17) is 9.47 Å². The molecule has 9 heteroatoms. The topological polar surface area (TPSA) is 111 Å². The highest BCUT2D eigenvalue weighted by Crippen LogP contribution is 2.19. The molecule has 0 aliphatic carbocycles. The van der Waals surface area contributed by atoms with Crippen molar-refractivity contribution in [3.05, 3.63) is 83.7 Å². The molecule has 0 aliphatic rings. The standard InChI is InChI=1S/C18H20N2O3.C11H16N2O2/c1-13-9-8-12-15(19-13)20(17(22)23-18(2,3)4)16(21)14-10-6-5-7-11-14;1-8-6-5-7-9(12-8)13-10(14)15-11(2,3)4/h5-12H,1-4H3;5-7H,1-4H3,(H,12,13,14). The van der Waals surface area contributed by atoms with Gasteiger partial charge in [0.05, 0.1) is 0 Å². The van der Waals surface area contributed by atoms with Gasteiger partial charge in [0.25, 0.3) is 5.91 Å². The van der Waals surface area contributed by atoms with Gasteiger partial charge in [0.1, 0.15) is 22.8 Å². The molecule has 0 atom stereocenters. The minimum Gasteiger partial charge on any atom is -0.444 e. The highest BCUT2D eigenvalue weighted by Gasteiger charge is 2.30. The number of rotatable bonds is 3. The number of benzene rings is 1. The van der Waals surface area contributed by atoms with Gasteiger partial charge < -0.3 is 9.47 Å². The molecule has 0 radical (unpaired) electrons. The van der Waals surface area contributed by atoms with Crippen LogP contribution >= 0.6 is 0 Å². The van der Waals surface area contributed by atoms with Crippen molar-refractivity contribution in [3.8, 4) is 0 Å². The Hall–Kier alpha value is -4.27. The second kappa shape index (κ2) is 12.8. The maximum absolute atomic E-state index is 12.8. The van der Waals surface area contributed by atoms with Crippen molar-refractivity contribution in [2.24, 2.45) is 0 Å². The van der Waals surface area contributed by atoms with Gasteiger partial charge in [-0.05, 0) is 91.8 Å². The fourth-order valence-corrected chi connectivity index (χ4v) is 2.97. The summed E-state index contributed by atoms with van der Waals surface area (Å²) in [5, 5.41) is 2.57. The minimum absolute atomic E-state index is 0.244. The van der Waals surface area contributed by atoms with E-state index < -0.39 is 29.3 Å². The van der Waals surface area contributed by atoms with Crippen LogP contribution in [0.2, 0.25) is 0 Å². The molecule has 2 aromatic heterocycles. The Morgan fingerprint density at radius 2 is 1.26 bits per heavy atom. The Kier molecular flexibility index (Phi) is 10.1. The van der Waals surface area contributed by atoms with Gasteiger partial charge in [-0.1, -0.05) is 30.3 Å². The average molecular weight is 521 g/mol. The first-order valence-corrected chi connectivity index (χ1v) is 12.1. The molecule has 202 valence electrons. The Balaban J connectivity index is 0.000000293. The number of aromatic nitrogens is 2. The van der Waals surface area contributed by atoms with Gasteiger partial charge in [0, 0.05) is 17.0 Å². The van der Waals surface area contributed by atoms with Crippen LogP contribution in [0.4, 0.5) is 21.2 Å². The number of hydrogen-bond donors (Lipinski definition) is 1. The molecule has 0 fully saturated rings. The zero-order valence-corrected chi connectivity index (χ0v) is 23.2. The van der Waals surface area contributed by atoms with Crippen LogP contribution in [0.5, 0.6) is 0 Å². The van der Waals surface area contributed by atoms with Crippen LogP contribution in [-0.4, -0.2) is 39.3 Å². The van der Waals surface area contributed by atoms with Gasteiger partial charge in [-0.25, -0.2) is 19.6 Å². The first-order valence-electron chi connectivity index (χ1n) is 12.1. The Morgan fingerprint density at radius 1 is 0.711 bits per heavy atom. The van der Waals surface area contributed by atoms with Crippen LogP contribution in [0.25, 0.3) is 0 Å². The molecule has 0 saturated carbocycles. The minimum atomic E-state index is -0.746. The quantitative estimate of drug-likeness (QED) is 0.409.